The highest BCUT2D eigenvalue weighted by Crippen LogP contribution is 2.40. The van der Waals surface area contributed by atoms with E-state index in [-0.39, 0.29) is 24.8 Å². The first-order valence-electron chi connectivity index (χ1n) is 8.81. The van der Waals surface area contributed by atoms with Crippen LogP contribution in [0.3, 0.4) is 0 Å². The van der Waals surface area contributed by atoms with Gasteiger partial charge in [0.05, 0.1) is 13.2 Å². The second-order valence-electron chi connectivity index (χ2n) is 6.44. The first-order valence-corrected chi connectivity index (χ1v) is 10.2. The molecule has 1 N–H and O–H groups in total. The first-order chi connectivity index (χ1) is 12.9. The molecule has 0 saturated carbocycles. The Morgan fingerprint density at radius 3 is 2.70 bits per heavy atom. The lowest BCUT2D eigenvalue weighted by atomic mass is 10.0. The molecule has 27 heavy (non-hydrogen) atoms. The SMILES string of the molecule is COCCOCOc1cc2c(c(F)c1N1CC(=O)NS1(=O)=O)CCCCC2. The van der Waals surface area contributed by atoms with Gasteiger partial charge in [0.25, 0.3) is 5.91 Å². The van der Waals surface area contributed by atoms with Crippen LogP contribution in [-0.4, -0.2) is 48.0 Å². The number of amides is 1. The van der Waals surface area contributed by atoms with Gasteiger partial charge in [-0.05, 0) is 42.9 Å². The number of carbonyl (C=O) groups excluding carboxylic acids is 1. The molecule has 2 aliphatic rings. The summed E-state index contributed by atoms with van der Waals surface area (Å²) in [6.07, 6.45) is 3.94. The average molecular weight is 402 g/mol. The number of nitrogens with zero attached hydrogens (tertiary/aromatic N) is 1. The minimum atomic E-state index is -4.16. The molecule has 0 aromatic heterocycles. The van der Waals surface area contributed by atoms with E-state index in [2.05, 4.69) is 0 Å². The summed E-state index contributed by atoms with van der Waals surface area (Å²) in [6.45, 7) is -0.0300. The van der Waals surface area contributed by atoms with Gasteiger partial charge in [-0.25, -0.2) is 13.4 Å². The number of anilines is 1. The molecule has 0 radical (unpaired) electrons. The number of nitrogens with one attached hydrogen (secondary N) is 1. The molecule has 0 atom stereocenters. The van der Waals surface area contributed by atoms with E-state index < -0.39 is 28.5 Å². The predicted molar refractivity (Wildman–Crippen MR) is 95.4 cm³/mol. The van der Waals surface area contributed by atoms with Crippen LogP contribution in [0.1, 0.15) is 30.4 Å². The van der Waals surface area contributed by atoms with E-state index in [9.17, 15) is 13.2 Å². The molecular weight excluding hydrogens is 379 g/mol. The van der Waals surface area contributed by atoms with Crippen molar-refractivity contribution in [2.24, 2.45) is 0 Å². The molecule has 1 amide bonds. The van der Waals surface area contributed by atoms with Crippen molar-refractivity contribution in [3.8, 4) is 5.75 Å². The lowest BCUT2D eigenvalue weighted by Gasteiger charge is -2.22. The number of aryl methyl sites for hydroxylation is 1. The fraction of sp³-hybridized carbons (Fsp3) is 0.588. The third-order valence-electron chi connectivity index (χ3n) is 4.57. The summed E-state index contributed by atoms with van der Waals surface area (Å²) in [4.78, 5) is 11.6. The maximum Gasteiger partial charge on any atom is 0.326 e. The molecule has 1 aliphatic carbocycles. The molecule has 0 spiro atoms. The Labute approximate surface area is 157 Å². The zero-order valence-electron chi connectivity index (χ0n) is 15.1. The number of rotatable bonds is 7. The molecule has 10 heteroatoms. The van der Waals surface area contributed by atoms with E-state index in [0.29, 0.717) is 25.0 Å². The highest BCUT2D eigenvalue weighted by atomic mass is 32.2. The van der Waals surface area contributed by atoms with Gasteiger partial charge in [0, 0.05) is 7.11 Å². The van der Waals surface area contributed by atoms with Crippen LogP contribution >= 0.6 is 0 Å². The van der Waals surface area contributed by atoms with E-state index in [4.69, 9.17) is 14.2 Å². The molecule has 1 fully saturated rings. The Morgan fingerprint density at radius 1 is 1.22 bits per heavy atom. The van der Waals surface area contributed by atoms with Crippen LogP contribution < -0.4 is 13.8 Å². The maximum absolute atomic E-state index is 15.4. The number of methoxy groups -OCH3 is 1. The number of ether oxygens (including phenoxy) is 3. The second-order valence-corrected chi connectivity index (χ2v) is 8.03. The molecule has 0 unspecified atom stereocenters. The summed E-state index contributed by atoms with van der Waals surface area (Å²) in [5.74, 6) is -1.32. The van der Waals surface area contributed by atoms with E-state index in [1.165, 1.54) is 7.11 Å². The minimum absolute atomic E-state index is 0.0469. The van der Waals surface area contributed by atoms with E-state index >= 15 is 4.39 Å². The van der Waals surface area contributed by atoms with Crippen LogP contribution in [0.25, 0.3) is 0 Å². The predicted octanol–water partition coefficient (Wildman–Crippen LogP) is 1.27. The fourth-order valence-corrected chi connectivity index (χ4v) is 4.45. The highest BCUT2D eigenvalue weighted by molar-refractivity contribution is 7.92. The summed E-state index contributed by atoms with van der Waals surface area (Å²) < 4.78 is 58.1. The normalized spacial score (nSPS) is 18.7. The number of fused-ring (bicyclic) bond motifs is 1. The fourth-order valence-electron chi connectivity index (χ4n) is 3.29. The quantitative estimate of drug-likeness (QED) is 0.419. The number of carbonyl (C=O) groups is 1. The maximum atomic E-state index is 15.4. The lowest BCUT2D eigenvalue weighted by Crippen LogP contribution is -2.31. The van der Waals surface area contributed by atoms with Crippen LogP contribution in [0, 0.1) is 5.82 Å². The topological polar surface area (TPSA) is 94.2 Å². The first kappa shape index (κ1) is 19.8. The van der Waals surface area contributed by atoms with Crippen molar-refractivity contribution in [1.82, 2.24) is 4.72 Å². The van der Waals surface area contributed by atoms with Gasteiger partial charge in [0.2, 0.25) is 0 Å². The van der Waals surface area contributed by atoms with Crippen molar-refractivity contribution in [3.05, 3.63) is 23.0 Å². The van der Waals surface area contributed by atoms with Crippen molar-refractivity contribution in [1.29, 1.82) is 0 Å². The summed E-state index contributed by atoms with van der Waals surface area (Å²) in [7, 11) is -2.62. The van der Waals surface area contributed by atoms with Crippen LogP contribution in [0.4, 0.5) is 10.1 Å². The van der Waals surface area contributed by atoms with Crippen molar-refractivity contribution < 1.29 is 31.8 Å². The van der Waals surface area contributed by atoms with E-state index in [1.54, 1.807) is 6.07 Å². The molecule has 1 aromatic rings. The average Bonchev–Trinajstić information content (AvgIpc) is 2.77. The summed E-state index contributed by atoms with van der Waals surface area (Å²) >= 11 is 0. The third kappa shape index (κ3) is 4.33. The Hall–Kier alpha value is -1.91. The Morgan fingerprint density at radius 2 is 2.00 bits per heavy atom. The minimum Gasteiger partial charge on any atom is -0.465 e. The van der Waals surface area contributed by atoms with Gasteiger partial charge >= 0.3 is 10.2 Å². The Bertz CT molecular complexity index is 814. The molecule has 3 rings (SSSR count). The molecule has 150 valence electrons. The van der Waals surface area contributed by atoms with Crippen LogP contribution in [0.15, 0.2) is 6.07 Å². The molecular formula is C17H23FN2O6S. The lowest BCUT2D eigenvalue weighted by molar-refractivity contribution is -0.117. The number of benzene rings is 1. The smallest absolute Gasteiger partial charge is 0.326 e. The van der Waals surface area contributed by atoms with Crippen molar-refractivity contribution >= 4 is 21.8 Å². The zero-order chi connectivity index (χ0) is 19.4. The monoisotopic (exact) mass is 402 g/mol. The Kier molecular flexibility index (Phi) is 6.18. The van der Waals surface area contributed by atoms with Gasteiger partial charge in [-0.3, -0.25) is 4.79 Å². The van der Waals surface area contributed by atoms with Crippen molar-refractivity contribution in [2.45, 2.75) is 32.1 Å². The molecule has 0 bridgehead atoms. The van der Waals surface area contributed by atoms with Gasteiger partial charge in [0.15, 0.2) is 12.6 Å². The summed E-state index contributed by atoms with van der Waals surface area (Å²) in [6, 6.07) is 1.66. The number of hydrogen-bond acceptors (Lipinski definition) is 6. The van der Waals surface area contributed by atoms with E-state index in [1.807, 2.05) is 4.72 Å². The zero-order valence-corrected chi connectivity index (χ0v) is 15.9. The summed E-state index contributed by atoms with van der Waals surface area (Å²) in [5, 5.41) is 0. The Balaban J connectivity index is 1.98. The molecule has 1 aliphatic heterocycles. The van der Waals surface area contributed by atoms with E-state index in [0.717, 1.165) is 29.1 Å². The third-order valence-corrected chi connectivity index (χ3v) is 5.95. The molecule has 1 heterocycles. The molecule has 1 aromatic carbocycles. The van der Waals surface area contributed by atoms with Gasteiger partial charge in [-0.2, -0.15) is 8.42 Å². The van der Waals surface area contributed by atoms with Gasteiger partial charge in [0.1, 0.15) is 18.0 Å². The van der Waals surface area contributed by atoms with Gasteiger partial charge in [-0.15, -0.1) is 0 Å². The number of halogens is 1. The van der Waals surface area contributed by atoms with Crippen molar-refractivity contribution in [3.63, 3.8) is 0 Å². The van der Waals surface area contributed by atoms with Crippen LogP contribution in [0.5, 0.6) is 5.75 Å². The second kappa shape index (κ2) is 8.41. The van der Waals surface area contributed by atoms with Crippen LogP contribution in [-0.2, 0) is 37.3 Å². The highest BCUT2D eigenvalue weighted by Gasteiger charge is 2.38. The van der Waals surface area contributed by atoms with Gasteiger partial charge < -0.3 is 14.2 Å². The van der Waals surface area contributed by atoms with Crippen molar-refractivity contribution in [2.75, 3.05) is 38.0 Å². The van der Waals surface area contributed by atoms with Gasteiger partial charge in [-0.1, -0.05) is 6.42 Å². The molecule has 8 nitrogen and oxygen atoms in total. The summed E-state index contributed by atoms with van der Waals surface area (Å²) in [5.41, 5.74) is 1.05. The number of hydrogen-bond donors (Lipinski definition) is 1. The largest absolute Gasteiger partial charge is 0.465 e. The molecule has 1 saturated heterocycles. The standard InChI is InChI=1S/C17H23FN2O6S/c1-24-7-8-25-11-26-14-9-12-5-3-2-4-6-13(12)16(18)17(14)20-10-15(21)19-27(20,22)23/h9H,2-8,10-11H2,1H3,(H,19,21). The van der Waals surface area contributed by atoms with Crippen LogP contribution in [0.2, 0.25) is 0 Å².